The number of nitrogens with zero attached hydrogens (tertiary/aromatic N) is 3. The summed E-state index contributed by atoms with van der Waals surface area (Å²) in [5.41, 5.74) is 0. The lowest BCUT2D eigenvalue weighted by molar-refractivity contribution is 0.219. The van der Waals surface area contributed by atoms with Gasteiger partial charge in [-0.3, -0.25) is 0 Å². The van der Waals surface area contributed by atoms with Crippen molar-refractivity contribution in [3.8, 4) is 0 Å². The number of aryl methyl sites for hydroxylation is 1. The number of hydrogen-bond donors (Lipinski definition) is 1. The third kappa shape index (κ3) is 2.22. The Labute approximate surface area is 102 Å². The molecular formula is C10H18N4O2S. The molecule has 0 aliphatic carbocycles. The first kappa shape index (κ1) is 12.5. The molecular weight excluding hydrogens is 240 g/mol. The van der Waals surface area contributed by atoms with Crippen molar-refractivity contribution in [1.82, 2.24) is 19.2 Å². The fourth-order valence-corrected chi connectivity index (χ4v) is 4.01. The smallest absolute Gasteiger partial charge is 0.262 e. The van der Waals surface area contributed by atoms with E-state index < -0.39 is 10.0 Å². The van der Waals surface area contributed by atoms with Crippen LogP contribution in [0.5, 0.6) is 0 Å². The minimum absolute atomic E-state index is 0.0502. The quantitative estimate of drug-likeness (QED) is 0.797. The molecule has 2 rings (SSSR count). The minimum atomic E-state index is -3.48. The standard InChI is InChI=1S/C10H18N4O2S/c1-8-4-11-5-9(2)14(8)17(15,16)10-6-13(3)7-12-10/h6-9,11H,4-5H2,1-3H3. The zero-order valence-corrected chi connectivity index (χ0v) is 11.1. The average Bonchev–Trinajstić information content (AvgIpc) is 2.64. The first-order valence-corrected chi connectivity index (χ1v) is 7.09. The minimum Gasteiger partial charge on any atom is -0.339 e. The van der Waals surface area contributed by atoms with Crippen molar-refractivity contribution in [2.45, 2.75) is 31.0 Å². The molecule has 0 amide bonds. The highest BCUT2D eigenvalue weighted by Gasteiger charge is 2.36. The van der Waals surface area contributed by atoms with Gasteiger partial charge in [-0.1, -0.05) is 0 Å². The number of piperazine rings is 1. The van der Waals surface area contributed by atoms with Crippen LogP contribution in [0.4, 0.5) is 0 Å². The van der Waals surface area contributed by atoms with Gasteiger partial charge < -0.3 is 9.88 Å². The van der Waals surface area contributed by atoms with Gasteiger partial charge in [0.1, 0.15) is 0 Å². The van der Waals surface area contributed by atoms with Crippen LogP contribution in [0.15, 0.2) is 17.6 Å². The van der Waals surface area contributed by atoms with Crippen molar-refractivity contribution in [1.29, 1.82) is 0 Å². The summed E-state index contributed by atoms with van der Waals surface area (Å²) in [6, 6.07) is -0.100. The Morgan fingerprint density at radius 1 is 1.35 bits per heavy atom. The summed E-state index contributed by atoms with van der Waals surface area (Å²) in [6.07, 6.45) is 3.04. The second-order valence-electron chi connectivity index (χ2n) is 4.57. The van der Waals surface area contributed by atoms with E-state index >= 15 is 0 Å². The summed E-state index contributed by atoms with van der Waals surface area (Å²) in [7, 11) is -1.72. The molecule has 6 nitrogen and oxygen atoms in total. The third-order valence-corrected chi connectivity index (χ3v) is 4.99. The molecule has 0 aromatic carbocycles. The van der Waals surface area contributed by atoms with Crippen LogP contribution in [0.2, 0.25) is 0 Å². The highest BCUT2D eigenvalue weighted by Crippen LogP contribution is 2.21. The number of aromatic nitrogens is 2. The molecule has 1 saturated heterocycles. The van der Waals surface area contributed by atoms with E-state index in [2.05, 4.69) is 10.3 Å². The molecule has 1 aromatic heterocycles. The molecule has 96 valence electrons. The maximum absolute atomic E-state index is 12.4. The fourth-order valence-electron chi connectivity index (χ4n) is 2.22. The monoisotopic (exact) mass is 258 g/mol. The van der Waals surface area contributed by atoms with Crippen molar-refractivity contribution >= 4 is 10.0 Å². The second kappa shape index (κ2) is 4.40. The van der Waals surface area contributed by atoms with Gasteiger partial charge in [0.15, 0.2) is 5.03 Å². The molecule has 17 heavy (non-hydrogen) atoms. The molecule has 1 aliphatic heterocycles. The van der Waals surface area contributed by atoms with Crippen molar-refractivity contribution in [2.24, 2.45) is 7.05 Å². The van der Waals surface area contributed by atoms with Gasteiger partial charge in [-0.15, -0.1) is 0 Å². The van der Waals surface area contributed by atoms with E-state index in [-0.39, 0.29) is 17.1 Å². The Hall–Kier alpha value is -0.920. The lowest BCUT2D eigenvalue weighted by Crippen LogP contribution is -2.57. The molecule has 1 aromatic rings. The second-order valence-corrected chi connectivity index (χ2v) is 6.36. The average molecular weight is 258 g/mol. The highest BCUT2D eigenvalue weighted by atomic mass is 32.2. The zero-order valence-electron chi connectivity index (χ0n) is 10.3. The Morgan fingerprint density at radius 2 is 1.94 bits per heavy atom. The van der Waals surface area contributed by atoms with E-state index in [4.69, 9.17) is 0 Å². The van der Waals surface area contributed by atoms with Crippen LogP contribution < -0.4 is 5.32 Å². The van der Waals surface area contributed by atoms with Gasteiger partial charge in [-0.25, -0.2) is 13.4 Å². The van der Waals surface area contributed by atoms with E-state index in [1.807, 2.05) is 13.8 Å². The largest absolute Gasteiger partial charge is 0.339 e. The van der Waals surface area contributed by atoms with Crippen molar-refractivity contribution in [3.05, 3.63) is 12.5 Å². The first-order chi connectivity index (χ1) is 7.93. The van der Waals surface area contributed by atoms with Gasteiger partial charge in [0.25, 0.3) is 10.0 Å². The maximum Gasteiger partial charge on any atom is 0.262 e. The lowest BCUT2D eigenvalue weighted by Gasteiger charge is -2.37. The van der Waals surface area contributed by atoms with Crippen LogP contribution in [0.25, 0.3) is 0 Å². The zero-order chi connectivity index (χ0) is 12.6. The Morgan fingerprint density at radius 3 is 2.41 bits per heavy atom. The molecule has 1 aliphatic rings. The lowest BCUT2D eigenvalue weighted by atomic mass is 10.2. The molecule has 0 radical (unpaired) electrons. The van der Waals surface area contributed by atoms with Gasteiger partial charge in [-0.05, 0) is 13.8 Å². The molecule has 0 bridgehead atoms. The number of sulfonamides is 1. The van der Waals surface area contributed by atoms with E-state index in [1.165, 1.54) is 12.5 Å². The van der Waals surface area contributed by atoms with Gasteiger partial charge in [0.05, 0.1) is 6.33 Å². The van der Waals surface area contributed by atoms with Crippen molar-refractivity contribution in [2.75, 3.05) is 13.1 Å². The molecule has 2 atom stereocenters. The Bertz CT molecular complexity index is 486. The van der Waals surface area contributed by atoms with Crippen LogP contribution >= 0.6 is 0 Å². The van der Waals surface area contributed by atoms with Gasteiger partial charge >= 0.3 is 0 Å². The maximum atomic E-state index is 12.4. The van der Waals surface area contributed by atoms with Crippen LogP contribution in [0, 0.1) is 0 Å². The van der Waals surface area contributed by atoms with Gasteiger partial charge in [0.2, 0.25) is 0 Å². The molecule has 0 saturated carbocycles. The van der Waals surface area contributed by atoms with E-state index in [1.54, 1.807) is 15.9 Å². The van der Waals surface area contributed by atoms with Crippen molar-refractivity contribution < 1.29 is 8.42 Å². The predicted octanol–water partition coefficient (Wildman–Crippen LogP) is -0.209. The van der Waals surface area contributed by atoms with Crippen LogP contribution in [0.3, 0.4) is 0 Å². The summed E-state index contributed by atoms with van der Waals surface area (Å²) in [5, 5.41) is 3.34. The van der Waals surface area contributed by atoms with Crippen LogP contribution in [-0.2, 0) is 17.1 Å². The van der Waals surface area contributed by atoms with E-state index in [0.717, 1.165) is 0 Å². The number of hydrogen-bond acceptors (Lipinski definition) is 4. The molecule has 7 heteroatoms. The summed E-state index contributed by atoms with van der Waals surface area (Å²) < 4.78 is 28.1. The topological polar surface area (TPSA) is 67.2 Å². The first-order valence-electron chi connectivity index (χ1n) is 5.65. The fraction of sp³-hybridized carbons (Fsp3) is 0.700. The summed E-state index contributed by atoms with van der Waals surface area (Å²) in [5.74, 6) is 0. The SMILES string of the molecule is CC1CNCC(C)N1S(=O)(=O)c1cn(C)cn1. The summed E-state index contributed by atoms with van der Waals surface area (Å²) in [4.78, 5) is 3.94. The Kier molecular flexibility index (Phi) is 3.24. The molecule has 2 unspecified atom stereocenters. The number of imidazole rings is 1. The van der Waals surface area contributed by atoms with Gasteiger partial charge in [-0.2, -0.15) is 4.31 Å². The number of nitrogens with one attached hydrogen (secondary N) is 1. The third-order valence-electron chi connectivity index (χ3n) is 2.97. The van der Waals surface area contributed by atoms with Gasteiger partial charge in [0, 0.05) is 38.4 Å². The summed E-state index contributed by atoms with van der Waals surface area (Å²) >= 11 is 0. The molecule has 2 heterocycles. The normalized spacial score (nSPS) is 27.2. The van der Waals surface area contributed by atoms with Crippen molar-refractivity contribution in [3.63, 3.8) is 0 Å². The van der Waals surface area contributed by atoms with E-state index in [9.17, 15) is 8.42 Å². The summed E-state index contributed by atoms with van der Waals surface area (Å²) in [6.45, 7) is 5.17. The van der Waals surface area contributed by atoms with Crippen LogP contribution in [-0.4, -0.2) is 47.4 Å². The van der Waals surface area contributed by atoms with E-state index in [0.29, 0.717) is 13.1 Å². The number of rotatable bonds is 2. The predicted molar refractivity (Wildman–Crippen MR) is 64.0 cm³/mol. The highest BCUT2D eigenvalue weighted by molar-refractivity contribution is 7.89. The Balaban J connectivity index is 2.37. The molecule has 1 N–H and O–H groups in total. The molecule has 1 fully saturated rings. The molecule has 0 spiro atoms. The van der Waals surface area contributed by atoms with Crippen LogP contribution in [0.1, 0.15) is 13.8 Å².